The smallest absolute Gasteiger partial charge is 0.320 e. The summed E-state index contributed by atoms with van der Waals surface area (Å²) in [5.74, 6) is -0.131. The van der Waals surface area contributed by atoms with Gasteiger partial charge in [0.25, 0.3) is 0 Å². The Balaban J connectivity index is 1.66. The van der Waals surface area contributed by atoms with Crippen LogP contribution in [-0.4, -0.2) is 65.2 Å². The number of piperazine rings is 1. The Morgan fingerprint density at radius 2 is 2.00 bits per heavy atom. The molecule has 0 radical (unpaired) electrons. The van der Waals surface area contributed by atoms with E-state index in [1.807, 2.05) is 18.2 Å². The molecular weight excluding hydrogens is 344 g/mol. The van der Waals surface area contributed by atoms with Gasteiger partial charge < -0.3 is 9.64 Å². The average molecular weight is 366 g/mol. The maximum Gasteiger partial charge on any atom is 0.320 e. The van der Waals surface area contributed by atoms with E-state index in [2.05, 4.69) is 30.8 Å². The highest BCUT2D eigenvalue weighted by Crippen LogP contribution is 2.22. The number of carbonyl (C=O) groups excluding carboxylic acids is 1. The van der Waals surface area contributed by atoms with Crippen LogP contribution in [0.25, 0.3) is 0 Å². The highest BCUT2D eigenvalue weighted by Gasteiger charge is 2.23. The first kappa shape index (κ1) is 18.7. The molecule has 3 heterocycles. The molecule has 1 atom stereocenters. The van der Waals surface area contributed by atoms with Gasteiger partial charge in [-0.15, -0.1) is 0 Å². The molecule has 0 spiro atoms. The molecule has 1 aliphatic heterocycles. The molecule has 1 aliphatic rings. The van der Waals surface area contributed by atoms with Crippen molar-refractivity contribution in [2.45, 2.75) is 12.8 Å². The molecule has 0 saturated carbocycles. The Kier molecular flexibility index (Phi) is 6.28. The minimum Gasteiger partial charge on any atom is -0.465 e. The van der Waals surface area contributed by atoms with E-state index in [9.17, 15) is 10.1 Å². The molecule has 0 amide bonds. The Hall–Kier alpha value is -3.05. The number of hydrogen-bond acceptors (Lipinski definition) is 8. The molecule has 2 aromatic rings. The average Bonchev–Trinajstić information content (AvgIpc) is 2.70. The van der Waals surface area contributed by atoms with Gasteiger partial charge in [0.15, 0.2) is 0 Å². The zero-order valence-corrected chi connectivity index (χ0v) is 15.3. The van der Waals surface area contributed by atoms with Gasteiger partial charge in [-0.1, -0.05) is 6.07 Å². The third-order valence-electron chi connectivity index (χ3n) is 4.39. The molecule has 1 fully saturated rings. The van der Waals surface area contributed by atoms with Gasteiger partial charge in [-0.25, -0.2) is 9.97 Å². The van der Waals surface area contributed by atoms with Crippen molar-refractivity contribution in [2.75, 3.05) is 44.2 Å². The van der Waals surface area contributed by atoms with Crippen LogP contribution in [0.4, 0.5) is 5.95 Å². The highest BCUT2D eigenvalue weighted by molar-refractivity contribution is 5.71. The number of esters is 1. The Morgan fingerprint density at radius 3 is 2.67 bits per heavy atom. The quantitative estimate of drug-likeness (QED) is 0.704. The summed E-state index contributed by atoms with van der Waals surface area (Å²) in [5.41, 5.74) is 1.30. The Bertz CT molecular complexity index is 799. The third-order valence-corrected chi connectivity index (χ3v) is 4.39. The zero-order valence-electron chi connectivity index (χ0n) is 15.3. The van der Waals surface area contributed by atoms with Gasteiger partial charge in [-0.3, -0.25) is 14.7 Å². The molecule has 0 aliphatic carbocycles. The number of nitrogens with zero attached hydrogens (tertiary/aromatic N) is 6. The van der Waals surface area contributed by atoms with Crippen LogP contribution in [0.3, 0.4) is 0 Å². The lowest BCUT2D eigenvalue weighted by molar-refractivity contribution is -0.144. The molecule has 0 aromatic carbocycles. The van der Waals surface area contributed by atoms with Gasteiger partial charge in [-0.05, 0) is 25.1 Å². The van der Waals surface area contributed by atoms with Crippen molar-refractivity contribution in [2.24, 2.45) is 0 Å². The Morgan fingerprint density at radius 1 is 1.19 bits per heavy atom. The number of anilines is 1. The summed E-state index contributed by atoms with van der Waals surface area (Å²) in [6, 6.07) is 9.53. The maximum absolute atomic E-state index is 11.6. The second-order valence-electron chi connectivity index (χ2n) is 6.17. The van der Waals surface area contributed by atoms with Crippen molar-refractivity contribution in [1.29, 1.82) is 5.26 Å². The van der Waals surface area contributed by atoms with Crippen LogP contribution in [-0.2, 0) is 9.53 Å². The van der Waals surface area contributed by atoms with E-state index >= 15 is 0 Å². The topological polar surface area (TPSA) is 95.2 Å². The molecule has 3 rings (SSSR count). The van der Waals surface area contributed by atoms with Crippen LogP contribution in [0.15, 0.2) is 36.7 Å². The fourth-order valence-electron chi connectivity index (χ4n) is 3.00. The second kappa shape index (κ2) is 9.05. The molecule has 2 aromatic heterocycles. The van der Waals surface area contributed by atoms with Gasteiger partial charge in [0, 0.05) is 38.6 Å². The molecule has 27 heavy (non-hydrogen) atoms. The van der Waals surface area contributed by atoms with E-state index in [-0.39, 0.29) is 5.97 Å². The van der Waals surface area contributed by atoms with E-state index in [1.165, 1.54) is 0 Å². The highest BCUT2D eigenvalue weighted by atomic mass is 16.5. The summed E-state index contributed by atoms with van der Waals surface area (Å²) < 4.78 is 5.00. The van der Waals surface area contributed by atoms with E-state index in [4.69, 9.17) is 4.74 Å². The molecule has 8 heteroatoms. The first-order chi connectivity index (χ1) is 13.2. The second-order valence-corrected chi connectivity index (χ2v) is 6.17. The van der Waals surface area contributed by atoms with Crippen LogP contribution in [0, 0.1) is 11.3 Å². The summed E-state index contributed by atoms with van der Waals surface area (Å²) in [4.78, 5) is 29.0. The van der Waals surface area contributed by atoms with Gasteiger partial charge in [0.05, 0.1) is 30.6 Å². The number of pyridine rings is 1. The van der Waals surface area contributed by atoms with Crippen molar-refractivity contribution < 1.29 is 9.53 Å². The lowest BCUT2D eigenvalue weighted by Crippen LogP contribution is -2.48. The maximum atomic E-state index is 11.6. The number of hydrogen-bond donors (Lipinski definition) is 0. The van der Waals surface area contributed by atoms with Gasteiger partial charge in [0.2, 0.25) is 5.95 Å². The van der Waals surface area contributed by atoms with E-state index < -0.39 is 5.92 Å². The van der Waals surface area contributed by atoms with Crippen LogP contribution in [0.5, 0.6) is 0 Å². The first-order valence-electron chi connectivity index (χ1n) is 8.97. The van der Waals surface area contributed by atoms with Crippen molar-refractivity contribution in [1.82, 2.24) is 19.9 Å². The lowest BCUT2D eigenvalue weighted by atomic mass is 10.0. The molecule has 8 nitrogen and oxygen atoms in total. The first-order valence-corrected chi connectivity index (χ1v) is 8.97. The fraction of sp³-hybridized carbons (Fsp3) is 0.421. The van der Waals surface area contributed by atoms with Crippen molar-refractivity contribution in [3.8, 4) is 6.07 Å². The number of carbonyl (C=O) groups is 1. The Labute approximate surface area is 158 Å². The summed E-state index contributed by atoms with van der Waals surface area (Å²) in [6.45, 7) is 5.39. The lowest BCUT2D eigenvalue weighted by Gasteiger charge is -2.34. The molecule has 1 unspecified atom stereocenters. The third kappa shape index (κ3) is 4.77. The van der Waals surface area contributed by atoms with Gasteiger partial charge in [0.1, 0.15) is 5.92 Å². The molecule has 140 valence electrons. The van der Waals surface area contributed by atoms with Gasteiger partial charge >= 0.3 is 5.97 Å². The largest absolute Gasteiger partial charge is 0.465 e. The number of rotatable bonds is 6. The predicted octanol–water partition coefficient (Wildman–Crippen LogP) is 1.21. The number of nitriles is 1. The van der Waals surface area contributed by atoms with Crippen molar-refractivity contribution in [3.05, 3.63) is 48.0 Å². The van der Waals surface area contributed by atoms with Crippen molar-refractivity contribution >= 4 is 11.9 Å². The van der Waals surface area contributed by atoms with E-state index in [0.29, 0.717) is 43.6 Å². The van der Waals surface area contributed by atoms with Crippen LogP contribution in [0.2, 0.25) is 0 Å². The van der Waals surface area contributed by atoms with Crippen LogP contribution >= 0.6 is 0 Å². The van der Waals surface area contributed by atoms with Gasteiger partial charge in [-0.2, -0.15) is 5.26 Å². The SMILES string of the molecule is CCOC(=O)CN1CCN(c2nccc(C(C#N)c3ccccn3)n2)CC1. The molecule has 1 saturated heterocycles. The monoisotopic (exact) mass is 366 g/mol. The predicted molar refractivity (Wildman–Crippen MR) is 99.0 cm³/mol. The summed E-state index contributed by atoms with van der Waals surface area (Å²) in [7, 11) is 0. The van der Waals surface area contributed by atoms with Crippen LogP contribution < -0.4 is 4.90 Å². The minimum atomic E-state index is -0.530. The summed E-state index contributed by atoms with van der Waals surface area (Å²) >= 11 is 0. The summed E-state index contributed by atoms with van der Waals surface area (Å²) in [5, 5.41) is 9.58. The van der Waals surface area contributed by atoms with E-state index in [0.717, 1.165) is 13.1 Å². The number of ether oxygens (including phenoxy) is 1. The number of aromatic nitrogens is 3. The standard InChI is InChI=1S/C19H22N6O2/c1-2-27-18(26)14-24-9-11-25(12-10-24)19-22-8-6-17(23-19)15(13-20)16-5-3-4-7-21-16/h3-8,15H,2,9-12,14H2,1H3. The molecule has 0 N–H and O–H groups in total. The van der Waals surface area contributed by atoms with Crippen molar-refractivity contribution in [3.63, 3.8) is 0 Å². The van der Waals surface area contributed by atoms with E-state index in [1.54, 1.807) is 25.4 Å². The zero-order chi connectivity index (χ0) is 19.1. The molecule has 0 bridgehead atoms. The van der Waals surface area contributed by atoms with Crippen LogP contribution in [0.1, 0.15) is 24.2 Å². The minimum absolute atomic E-state index is 0.198. The molecular formula is C19H22N6O2. The fourth-order valence-corrected chi connectivity index (χ4v) is 3.00. The summed E-state index contributed by atoms with van der Waals surface area (Å²) in [6.07, 6.45) is 3.35. The normalized spacial score (nSPS) is 15.8.